The smallest absolute Gasteiger partial charge is 0.308 e. The van der Waals surface area contributed by atoms with Crippen molar-refractivity contribution in [3.8, 4) is 17.3 Å². The second kappa shape index (κ2) is 10.1. The van der Waals surface area contributed by atoms with Gasteiger partial charge in [0.05, 0.1) is 21.1 Å². The van der Waals surface area contributed by atoms with E-state index < -0.39 is 0 Å². The Morgan fingerprint density at radius 2 is 1.77 bits per heavy atom. The molecule has 5 aromatic rings. The number of aryl methyl sites for hydroxylation is 1. The molecule has 2 heterocycles. The highest BCUT2D eigenvalue weighted by Gasteiger charge is 2.19. The van der Waals surface area contributed by atoms with Crippen LogP contribution in [0.2, 0.25) is 15.1 Å². The molecular formula is C26H19Cl3N4O2. The Morgan fingerprint density at radius 3 is 2.57 bits per heavy atom. The number of benzene rings is 3. The molecule has 0 aliphatic heterocycles. The predicted molar refractivity (Wildman–Crippen MR) is 138 cm³/mol. The number of aromatic nitrogens is 3. The molecule has 0 fully saturated rings. The molecular weight excluding hydrogens is 507 g/mol. The molecule has 1 N–H and O–H groups in total. The van der Waals surface area contributed by atoms with E-state index in [4.69, 9.17) is 44.2 Å². The van der Waals surface area contributed by atoms with Crippen molar-refractivity contribution in [1.29, 1.82) is 0 Å². The zero-order valence-corrected chi connectivity index (χ0v) is 20.6. The summed E-state index contributed by atoms with van der Waals surface area (Å²) in [7, 11) is 0. The van der Waals surface area contributed by atoms with Crippen LogP contribution in [-0.4, -0.2) is 20.4 Å². The Labute approximate surface area is 216 Å². The Balaban J connectivity index is 1.37. The molecule has 0 unspecified atom stereocenters. The van der Waals surface area contributed by atoms with Crippen LogP contribution in [0.4, 0.5) is 0 Å². The lowest BCUT2D eigenvalue weighted by Gasteiger charge is -2.06. The lowest BCUT2D eigenvalue weighted by atomic mass is 10.1. The van der Waals surface area contributed by atoms with Crippen molar-refractivity contribution in [2.45, 2.75) is 19.4 Å². The van der Waals surface area contributed by atoms with Crippen LogP contribution in [0.25, 0.3) is 28.3 Å². The van der Waals surface area contributed by atoms with Crippen molar-refractivity contribution in [2.24, 2.45) is 0 Å². The van der Waals surface area contributed by atoms with Crippen LogP contribution in [0, 0.1) is 0 Å². The number of halogens is 3. The fourth-order valence-corrected chi connectivity index (χ4v) is 4.17. The third kappa shape index (κ3) is 5.20. The second-order valence-electron chi connectivity index (χ2n) is 7.90. The maximum atomic E-state index is 12.6. The first kappa shape index (κ1) is 23.4. The summed E-state index contributed by atoms with van der Waals surface area (Å²) in [4.78, 5) is 21.7. The van der Waals surface area contributed by atoms with Gasteiger partial charge in [-0.05, 0) is 42.0 Å². The van der Waals surface area contributed by atoms with E-state index in [1.807, 2.05) is 42.5 Å². The molecule has 0 saturated heterocycles. The fraction of sp³-hybridized carbons (Fsp3) is 0.115. The summed E-state index contributed by atoms with van der Waals surface area (Å²) >= 11 is 18.1. The molecule has 35 heavy (non-hydrogen) atoms. The van der Waals surface area contributed by atoms with E-state index in [-0.39, 0.29) is 12.3 Å². The van der Waals surface area contributed by atoms with Gasteiger partial charge in [-0.2, -0.15) is 4.98 Å². The highest BCUT2D eigenvalue weighted by molar-refractivity contribution is 6.42. The minimum Gasteiger partial charge on any atom is -0.427 e. The molecule has 0 spiro atoms. The average Bonchev–Trinajstić information content (AvgIpc) is 3.48. The number of fused-ring (bicyclic) bond motifs is 1. The van der Waals surface area contributed by atoms with Gasteiger partial charge in [0.25, 0.3) is 0 Å². The predicted octanol–water partition coefficient (Wildman–Crippen LogP) is 6.89. The van der Waals surface area contributed by atoms with Crippen molar-refractivity contribution in [3.05, 3.63) is 99.4 Å². The highest BCUT2D eigenvalue weighted by atomic mass is 35.5. The van der Waals surface area contributed by atoms with Crippen LogP contribution < -0.4 is 5.32 Å². The summed E-state index contributed by atoms with van der Waals surface area (Å²) in [6.45, 7) is 0.350. The Bertz CT molecular complexity index is 1510. The largest absolute Gasteiger partial charge is 0.427 e. The average molecular weight is 526 g/mol. The van der Waals surface area contributed by atoms with Gasteiger partial charge < -0.3 is 9.73 Å². The van der Waals surface area contributed by atoms with E-state index in [0.29, 0.717) is 45.5 Å². The SMILES string of the molecule is O=C(CCc1oc(-n2cnc3ccccc32)nc1-c1ccc(Cl)cc1)NCc1ccc(Cl)c(Cl)c1. The number of amides is 1. The van der Waals surface area contributed by atoms with Crippen molar-refractivity contribution < 1.29 is 9.21 Å². The normalized spacial score (nSPS) is 11.2. The standard InChI is InChI=1S/C26H19Cl3N4O2/c27-18-8-6-17(7-9-18)25-23(11-12-24(34)30-14-16-5-10-19(28)20(29)13-16)35-26(32-25)33-15-31-21-3-1-2-4-22(21)33/h1-10,13,15H,11-12,14H2,(H,30,34). The summed E-state index contributed by atoms with van der Waals surface area (Å²) in [5.74, 6) is 0.481. The molecule has 176 valence electrons. The number of oxazole rings is 1. The molecule has 6 nitrogen and oxygen atoms in total. The highest BCUT2D eigenvalue weighted by Crippen LogP contribution is 2.29. The fourth-order valence-electron chi connectivity index (χ4n) is 3.72. The number of carbonyl (C=O) groups is 1. The minimum absolute atomic E-state index is 0.121. The maximum Gasteiger partial charge on any atom is 0.308 e. The number of hydrogen-bond acceptors (Lipinski definition) is 4. The summed E-state index contributed by atoms with van der Waals surface area (Å²) in [6, 6.07) is 20.7. The van der Waals surface area contributed by atoms with Crippen LogP contribution >= 0.6 is 34.8 Å². The number of imidazole rings is 1. The molecule has 0 atom stereocenters. The first-order chi connectivity index (χ1) is 17.0. The van der Waals surface area contributed by atoms with Crippen molar-refractivity contribution in [2.75, 3.05) is 0 Å². The van der Waals surface area contributed by atoms with Gasteiger partial charge >= 0.3 is 6.01 Å². The second-order valence-corrected chi connectivity index (χ2v) is 9.15. The molecule has 2 aromatic heterocycles. The van der Waals surface area contributed by atoms with Gasteiger partial charge in [0.15, 0.2) is 0 Å². The van der Waals surface area contributed by atoms with E-state index in [9.17, 15) is 4.79 Å². The van der Waals surface area contributed by atoms with Crippen molar-refractivity contribution >= 4 is 51.7 Å². The van der Waals surface area contributed by atoms with E-state index in [1.54, 1.807) is 35.2 Å². The van der Waals surface area contributed by atoms with Gasteiger partial charge in [0.2, 0.25) is 5.91 Å². The zero-order chi connectivity index (χ0) is 24.4. The molecule has 3 aromatic carbocycles. The van der Waals surface area contributed by atoms with Crippen molar-refractivity contribution in [1.82, 2.24) is 19.9 Å². The van der Waals surface area contributed by atoms with E-state index in [2.05, 4.69) is 10.3 Å². The third-order valence-corrected chi connectivity index (χ3v) is 6.51. The van der Waals surface area contributed by atoms with E-state index >= 15 is 0 Å². The number of rotatable bonds is 7. The summed E-state index contributed by atoms with van der Waals surface area (Å²) in [5.41, 5.74) is 4.08. The number of carbonyl (C=O) groups excluding carboxylic acids is 1. The van der Waals surface area contributed by atoms with Crippen LogP contribution in [0.5, 0.6) is 0 Å². The maximum absolute atomic E-state index is 12.6. The Morgan fingerprint density at radius 1 is 0.971 bits per heavy atom. The molecule has 0 aliphatic rings. The lowest BCUT2D eigenvalue weighted by Crippen LogP contribution is -2.23. The van der Waals surface area contributed by atoms with Gasteiger partial charge in [-0.15, -0.1) is 0 Å². The number of hydrogen-bond donors (Lipinski definition) is 1. The lowest BCUT2D eigenvalue weighted by molar-refractivity contribution is -0.121. The summed E-state index contributed by atoms with van der Waals surface area (Å²) in [6.07, 6.45) is 2.27. The van der Waals surface area contributed by atoms with E-state index in [0.717, 1.165) is 22.2 Å². The van der Waals surface area contributed by atoms with Crippen LogP contribution in [0.1, 0.15) is 17.7 Å². The zero-order valence-electron chi connectivity index (χ0n) is 18.3. The van der Waals surface area contributed by atoms with Gasteiger partial charge in [-0.1, -0.05) is 65.1 Å². The van der Waals surface area contributed by atoms with E-state index in [1.165, 1.54) is 0 Å². The quantitative estimate of drug-likeness (QED) is 0.251. The first-order valence-corrected chi connectivity index (χ1v) is 12.0. The van der Waals surface area contributed by atoms with Gasteiger partial charge in [0, 0.05) is 30.0 Å². The van der Waals surface area contributed by atoms with Crippen LogP contribution in [0.15, 0.2) is 77.5 Å². The third-order valence-electron chi connectivity index (χ3n) is 5.52. The first-order valence-electron chi connectivity index (χ1n) is 10.9. The minimum atomic E-state index is -0.121. The van der Waals surface area contributed by atoms with Crippen LogP contribution in [-0.2, 0) is 17.8 Å². The summed E-state index contributed by atoms with van der Waals surface area (Å²) in [5, 5.41) is 4.46. The molecule has 0 radical (unpaired) electrons. The Kier molecular flexibility index (Phi) is 6.77. The summed E-state index contributed by atoms with van der Waals surface area (Å²) < 4.78 is 7.96. The molecule has 0 bridgehead atoms. The number of para-hydroxylation sites is 2. The van der Waals surface area contributed by atoms with Crippen LogP contribution in [0.3, 0.4) is 0 Å². The monoisotopic (exact) mass is 524 g/mol. The number of nitrogens with zero attached hydrogens (tertiary/aromatic N) is 3. The molecule has 9 heteroatoms. The van der Waals surface area contributed by atoms with Gasteiger partial charge in [-0.3, -0.25) is 9.36 Å². The molecule has 0 saturated carbocycles. The van der Waals surface area contributed by atoms with Gasteiger partial charge in [-0.25, -0.2) is 4.98 Å². The topological polar surface area (TPSA) is 73.0 Å². The molecule has 0 aliphatic carbocycles. The number of nitrogens with one attached hydrogen (secondary N) is 1. The molecule has 5 rings (SSSR count). The van der Waals surface area contributed by atoms with Crippen molar-refractivity contribution in [3.63, 3.8) is 0 Å². The van der Waals surface area contributed by atoms with Gasteiger partial charge in [0.1, 0.15) is 17.8 Å². The Hall–Kier alpha value is -3.32. The molecule has 1 amide bonds.